The third-order valence-electron chi connectivity index (χ3n) is 4.56. The van der Waals surface area contributed by atoms with Crippen LogP contribution in [0.25, 0.3) is 0 Å². The van der Waals surface area contributed by atoms with Crippen molar-refractivity contribution in [2.24, 2.45) is 0 Å². The maximum Gasteiger partial charge on any atom is 0.340 e. The minimum atomic E-state index is -0.346. The molecule has 1 aromatic heterocycles. The van der Waals surface area contributed by atoms with Gasteiger partial charge in [-0.1, -0.05) is 37.8 Å². The van der Waals surface area contributed by atoms with Crippen molar-refractivity contribution in [2.45, 2.75) is 51.5 Å². The van der Waals surface area contributed by atoms with Gasteiger partial charge >= 0.3 is 5.97 Å². The summed E-state index contributed by atoms with van der Waals surface area (Å²) in [7, 11) is 0. The largest absolute Gasteiger partial charge is 0.462 e. The summed E-state index contributed by atoms with van der Waals surface area (Å²) in [4.78, 5) is 20.7. The molecule has 1 aliphatic rings. The van der Waals surface area contributed by atoms with Crippen molar-refractivity contribution in [3.63, 3.8) is 0 Å². The first-order valence-corrected chi connectivity index (χ1v) is 9.38. The van der Waals surface area contributed by atoms with Crippen molar-refractivity contribution in [1.29, 1.82) is 0 Å². The van der Waals surface area contributed by atoms with Crippen LogP contribution in [0.15, 0.2) is 36.7 Å². The number of aromatic nitrogens is 2. The molecule has 1 aromatic carbocycles. The van der Waals surface area contributed by atoms with E-state index in [1.165, 1.54) is 44.9 Å². The van der Waals surface area contributed by atoms with Crippen molar-refractivity contribution in [3.05, 3.63) is 42.2 Å². The van der Waals surface area contributed by atoms with Crippen LogP contribution in [0.1, 0.15) is 55.8 Å². The van der Waals surface area contributed by atoms with Crippen molar-refractivity contribution in [1.82, 2.24) is 9.97 Å². The van der Waals surface area contributed by atoms with Crippen LogP contribution in [0.4, 0.5) is 17.3 Å². The molecule has 6 heteroatoms. The lowest BCUT2D eigenvalue weighted by atomic mass is 10.1. The molecule has 26 heavy (non-hydrogen) atoms. The summed E-state index contributed by atoms with van der Waals surface area (Å²) >= 11 is 0. The minimum absolute atomic E-state index is 0.343. The highest BCUT2D eigenvalue weighted by Crippen LogP contribution is 2.23. The number of anilines is 3. The quantitative estimate of drug-likeness (QED) is 0.586. The highest BCUT2D eigenvalue weighted by Gasteiger charge is 2.14. The Morgan fingerprint density at radius 3 is 2.62 bits per heavy atom. The van der Waals surface area contributed by atoms with Gasteiger partial charge in [-0.05, 0) is 31.9 Å². The first-order chi connectivity index (χ1) is 12.8. The summed E-state index contributed by atoms with van der Waals surface area (Å²) in [5.74, 6) is 1.11. The smallest absolute Gasteiger partial charge is 0.340 e. The number of rotatable bonds is 6. The molecule has 0 amide bonds. The van der Waals surface area contributed by atoms with Crippen molar-refractivity contribution in [3.8, 4) is 0 Å². The lowest BCUT2D eigenvalue weighted by Gasteiger charge is -2.17. The van der Waals surface area contributed by atoms with E-state index in [0.717, 1.165) is 5.82 Å². The molecule has 2 N–H and O–H groups in total. The van der Waals surface area contributed by atoms with Gasteiger partial charge in [-0.15, -0.1) is 0 Å². The number of nitrogens with zero attached hydrogens (tertiary/aromatic N) is 2. The Bertz CT molecular complexity index is 727. The van der Waals surface area contributed by atoms with Crippen molar-refractivity contribution >= 4 is 23.3 Å². The molecule has 0 aliphatic heterocycles. The molecule has 0 unspecified atom stereocenters. The molecule has 6 nitrogen and oxygen atoms in total. The van der Waals surface area contributed by atoms with E-state index in [4.69, 9.17) is 4.74 Å². The van der Waals surface area contributed by atoms with Crippen molar-refractivity contribution < 1.29 is 9.53 Å². The second kappa shape index (κ2) is 9.17. The molecular weight excluding hydrogens is 328 g/mol. The molecule has 1 heterocycles. The summed E-state index contributed by atoms with van der Waals surface area (Å²) in [6.45, 7) is 2.14. The van der Waals surface area contributed by atoms with Crippen LogP contribution < -0.4 is 10.6 Å². The summed E-state index contributed by atoms with van der Waals surface area (Å²) in [6, 6.07) is 9.62. The molecule has 0 atom stereocenters. The van der Waals surface area contributed by atoms with Gasteiger partial charge in [0.2, 0.25) is 0 Å². The van der Waals surface area contributed by atoms with Gasteiger partial charge in [0.1, 0.15) is 18.0 Å². The zero-order chi connectivity index (χ0) is 18.2. The third kappa shape index (κ3) is 4.94. The fourth-order valence-electron chi connectivity index (χ4n) is 3.25. The van der Waals surface area contributed by atoms with Crippen LogP contribution >= 0.6 is 0 Å². The fourth-order valence-corrected chi connectivity index (χ4v) is 3.25. The van der Waals surface area contributed by atoms with E-state index < -0.39 is 0 Å². The number of nitrogens with one attached hydrogen (secondary N) is 2. The average Bonchev–Trinajstić information content (AvgIpc) is 2.91. The number of esters is 1. The predicted octanol–water partition coefficient (Wildman–Crippen LogP) is 4.53. The van der Waals surface area contributed by atoms with Crippen LogP contribution in [-0.2, 0) is 4.74 Å². The van der Waals surface area contributed by atoms with Crippen molar-refractivity contribution in [2.75, 3.05) is 17.2 Å². The molecule has 0 radical (unpaired) electrons. The maximum atomic E-state index is 12.1. The Morgan fingerprint density at radius 2 is 1.85 bits per heavy atom. The molecule has 0 saturated heterocycles. The monoisotopic (exact) mass is 354 g/mol. The second-order valence-electron chi connectivity index (χ2n) is 6.51. The molecule has 1 saturated carbocycles. The highest BCUT2D eigenvalue weighted by atomic mass is 16.5. The summed E-state index contributed by atoms with van der Waals surface area (Å²) in [5, 5.41) is 6.73. The number of ether oxygens (including phenoxy) is 1. The highest BCUT2D eigenvalue weighted by molar-refractivity contribution is 5.96. The minimum Gasteiger partial charge on any atom is -0.462 e. The Morgan fingerprint density at radius 1 is 1.12 bits per heavy atom. The van der Waals surface area contributed by atoms with Crippen LogP contribution in [0.5, 0.6) is 0 Å². The molecule has 2 aromatic rings. The van der Waals surface area contributed by atoms with E-state index in [0.29, 0.717) is 29.7 Å². The van der Waals surface area contributed by atoms with Gasteiger partial charge in [0.25, 0.3) is 0 Å². The number of hydrogen-bond acceptors (Lipinski definition) is 6. The van der Waals surface area contributed by atoms with Gasteiger partial charge in [0.05, 0.1) is 17.9 Å². The lowest BCUT2D eigenvalue weighted by Crippen LogP contribution is -2.19. The maximum absolute atomic E-state index is 12.1. The second-order valence-corrected chi connectivity index (χ2v) is 6.51. The molecule has 0 spiro atoms. The van der Waals surface area contributed by atoms with E-state index in [2.05, 4.69) is 20.6 Å². The number of carbonyl (C=O) groups is 1. The van der Waals surface area contributed by atoms with E-state index in [1.54, 1.807) is 13.0 Å². The molecule has 1 aliphatic carbocycles. The molecular formula is C20H26N4O2. The van der Waals surface area contributed by atoms with Crippen LogP contribution in [0.2, 0.25) is 0 Å². The van der Waals surface area contributed by atoms with Crippen LogP contribution in [0.3, 0.4) is 0 Å². The molecule has 3 rings (SSSR count). The van der Waals surface area contributed by atoms with Crippen LogP contribution in [0, 0.1) is 0 Å². The predicted molar refractivity (Wildman–Crippen MR) is 103 cm³/mol. The topological polar surface area (TPSA) is 76.1 Å². The third-order valence-corrected chi connectivity index (χ3v) is 4.56. The average molecular weight is 354 g/mol. The summed E-state index contributed by atoms with van der Waals surface area (Å²) < 4.78 is 5.12. The molecule has 138 valence electrons. The number of benzene rings is 1. The Balaban J connectivity index is 1.72. The van der Waals surface area contributed by atoms with Crippen LogP contribution in [-0.4, -0.2) is 28.6 Å². The zero-order valence-corrected chi connectivity index (χ0v) is 15.2. The summed E-state index contributed by atoms with van der Waals surface area (Å²) in [5.41, 5.74) is 1.16. The lowest BCUT2D eigenvalue weighted by molar-refractivity contribution is 0.0527. The van der Waals surface area contributed by atoms with E-state index in [-0.39, 0.29) is 5.97 Å². The first-order valence-electron chi connectivity index (χ1n) is 9.38. The van der Waals surface area contributed by atoms with Gasteiger partial charge < -0.3 is 15.4 Å². The van der Waals surface area contributed by atoms with Gasteiger partial charge in [0, 0.05) is 12.1 Å². The Labute approximate surface area is 154 Å². The number of hydrogen-bond donors (Lipinski definition) is 2. The SMILES string of the molecule is CCOC(=O)c1ccccc1Nc1cc(NC2CCCCCC2)ncn1. The molecule has 1 fully saturated rings. The first kappa shape index (κ1) is 18.2. The van der Waals surface area contributed by atoms with Gasteiger partial charge in [0.15, 0.2) is 0 Å². The Kier molecular flexibility index (Phi) is 6.41. The standard InChI is InChI=1S/C20H26N4O2/c1-2-26-20(25)16-11-7-8-12-17(16)24-19-13-18(21-14-22-19)23-15-9-5-3-4-6-10-15/h7-8,11-15H,2-6,9-10H2,1H3,(H2,21,22,23,24). The number of carbonyl (C=O) groups excluding carboxylic acids is 1. The van der Waals surface area contributed by atoms with E-state index in [9.17, 15) is 4.79 Å². The zero-order valence-electron chi connectivity index (χ0n) is 15.2. The summed E-state index contributed by atoms with van der Waals surface area (Å²) in [6.07, 6.45) is 9.06. The normalized spacial score (nSPS) is 15.1. The Hall–Kier alpha value is -2.63. The molecule has 0 bridgehead atoms. The van der Waals surface area contributed by atoms with Gasteiger partial charge in [-0.2, -0.15) is 0 Å². The van der Waals surface area contributed by atoms with E-state index in [1.807, 2.05) is 24.3 Å². The number of para-hydroxylation sites is 1. The fraction of sp³-hybridized carbons (Fsp3) is 0.450. The van der Waals surface area contributed by atoms with Gasteiger partial charge in [-0.3, -0.25) is 0 Å². The van der Waals surface area contributed by atoms with Gasteiger partial charge in [-0.25, -0.2) is 14.8 Å². The van der Waals surface area contributed by atoms with E-state index >= 15 is 0 Å².